The number of hydrogen-bond acceptors (Lipinski definition) is 5. The molecule has 1 aromatic heterocycles. The molecule has 3 aromatic rings. The molecule has 4 rings (SSSR count). The van der Waals surface area contributed by atoms with E-state index in [1.54, 1.807) is 4.68 Å². The normalized spacial score (nSPS) is 14.3. The number of carbonyl (C=O) groups excluding carboxylic acids is 1. The minimum Gasteiger partial charge on any atom is -0.368 e. The third kappa shape index (κ3) is 6.79. The summed E-state index contributed by atoms with van der Waals surface area (Å²) in [6, 6.07) is 13.8. The maximum Gasteiger partial charge on any atom is 0.273 e. The summed E-state index contributed by atoms with van der Waals surface area (Å²) in [6.07, 6.45) is 3.11. The Morgan fingerprint density at radius 1 is 1.03 bits per heavy atom. The van der Waals surface area contributed by atoms with Crippen molar-refractivity contribution in [3.05, 3.63) is 73.9 Å². The first kappa shape index (κ1) is 26.9. The highest BCUT2D eigenvalue weighted by Crippen LogP contribution is 2.32. The molecule has 0 unspecified atom stereocenters. The van der Waals surface area contributed by atoms with Gasteiger partial charge in [0, 0.05) is 37.2 Å². The number of hydrogen-bond donors (Lipinski definition) is 1. The van der Waals surface area contributed by atoms with Gasteiger partial charge in [-0.05, 0) is 50.1 Å². The van der Waals surface area contributed by atoms with Crippen LogP contribution in [0, 0.1) is 6.92 Å². The summed E-state index contributed by atoms with van der Waals surface area (Å²) in [5.74, 6) is -0.165. The van der Waals surface area contributed by atoms with Gasteiger partial charge in [0.15, 0.2) is 5.69 Å². The molecule has 36 heavy (non-hydrogen) atoms. The Balaban J connectivity index is 1.13. The standard InChI is InChI=1S/C26H31BrCl2N6O/c1-19-25(31-32-35(19)18-20-8-3-4-9-21(20)27)26(36)30-12-5-2-6-13-33-14-16-34(17-15-33)23-11-7-10-22(28)24(23)29/h3-4,7-11H,2,5-6,12-18H2,1H3,(H,30,36). The number of carbonyl (C=O) groups is 1. The van der Waals surface area contributed by atoms with Crippen LogP contribution in [0.5, 0.6) is 0 Å². The summed E-state index contributed by atoms with van der Waals surface area (Å²) < 4.78 is 2.77. The van der Waals surface area contributed by atoms with Crippen molar-refractivity contribution in [3.8, 4) is 0 Å². The van der Waals surface area contributed by atoms with Crippen molar-refractivity contribution in [1.29, 1.82) is 0 Å². The van der Waals surface area contributed by atoms with Crippen LogP contribution in [-0.4, -0.2) is 65.1 Å². The maximum atomic E-state index is 12.6. The highest BCUT2D eigenvalue weighted by atomic mass is 79.9. The second-order valence-corrected chi connectivity index (χ2v) is 10.6. The van der Waals surface area contributed by atoms with Crippen molar-refractivity contribution in [2.24, 2.45) is 0 Å². The summed E-state index contributed by atoms with van der Waals surface area (Å²) in [4.78, 5) is 17.4. The lowest BCUT2D eigenvalue weighted by Crippen LogP contribution is -2.46. The number of halogens is 3. The first-order valence-electron chi connectivity index (χ1n) is 12.3. The Morgan fingerprint density at radius 3 is 2.58 bits per heavy atom. The fraction of sp³-hybridized carbons (Fsp3) is 0.423. The van der Waals surface area contributed by atoms with Crippen LogP contribution in [-0.2, 0) is 6.54 Å². The quantitative estimate of drug-likeness (QED) is 0.318. The van der Waals surface area contributed by atoms with Crippen molar-refractivity contribution < 1.29 is 4.79 Å². The van der Waals surface area contributed by atoms with Crippen molar-refractivity contribution in [2.45, 2.75) is 32.7 Å². The van der Waals surface area contributed by atoms with E-state index in [1.165, 1.54) is 0 Å². The van der Waals surface area contributed by atoms with Crippen LogP contribution in [0.4, 0.5) is 5.69 Å². The third-order valence-electron chi connectivity index (χ3n) is 6.56. The number of unbranched alkanes of at least 4 members (excludes halogenated alkanes) is 2. The summed E-state index contributed by atoms with van der Waals surface area (Å²) in [5, 5.41) is 12.5. The monoisotopic (exact) mass is 592 g/mol. The van der Waals surface area contributed by atoms with E-state index in [1.807, 2.05) is 49.4 Å². The Labute approximate surface area is 230 Å². The van der Waals surface area contributed by atoms with Gasteiger partial charge in [-0.3, -0.25) is 9.69 Å². The second-order valence-electron chi connectivity index (χ2n) is 8.99. The van der Waals surface area contributed by atoms with Crippen LogP contribution in [0.25, 0.3) is 0 Å². The highest BCUT2D eigenvalue weighted by Gasteiger charge is 2.20. The molecule has 1 amide bonds. The van der Waals surface area contributed by atoms with Crippen LogP contribution in [0.15, 0.2) is 46.9 Å². The number of piperazine rings is 1. The lowest BCUT2D eigenvalue weighted by atomic mass is 10.2. The fourth-order valence-corrected chi connectivity index (χ4v) is 5.21. The van der Waals surface area contributed by atoms with E-state index < -0.39 is 0 Å². The predicted octanol–water partition coefficient (Wildman–Crippen LogP) is 5.43. The van der Waals surface area contributed by atoms with Gasteiger partial charge in [0.2, 0.25) is 0 Å². The molecule has 0 atom stereocenters. The molecular formula is C26H31BrCl2N6O. The number of nitrogens with one attached hydrogen (secondary N) is 1. The molecule has 1 aliphatic heterocycles. The van der Waals surface area contributed by atoms with Gasteiger partial charge in [-0.2, -0.15) is 0 Å². The lowest BCUT2D eigenvalue weighted by molar-refractivity contribution is 0.0947. The second kappa shape index (κ2) is 12.9. The fourth-order valence-electron chi connectivity index (χ4n) is 4.38. The van der Waals surface area contributed by atoms with E-state index in [0.29, 0.717) is 28.8 Å². The Bertz CT molecular complexity index is 1180. The van der Waals surface area contributed by atoms with E-state index >= 15 is 0 Å². The molecule has 2 aromatic carbocycles. The maximum absolute atomic E-state index is 12.6. The molecule has 0 saturated carbocycles. The molecule has 0 radical (unpaired) electrons. The van der Waals surface area contributed by atoms with E-state index in [0.717, 1.165) is 73.4 Å². The molecule has 10 heteroatoms. The average Bonchev–Trinajstić information content (AvgIpc) is 3.24. The molecule has 1 saturated heterocycles. The first-order chi connectivity index (χ1) is 17.4. The number of nitrogens with zero attached hydrogens (tertiary/aromatic N) is 5. The van der Waals surface area contributed by atoms with Gasteiger partial charge in [0.05, 0.1) is 28.0 Å². The van der Waals surface area contributed by atoms with Gasteiger partial charge in [-0.15, -0.1) is 5.10 Å². The summed E-state index contributed by atoms with van der Waals surface area (Å²) >= 11 is 16.1. The van der Waals surface area contributed by atoms with Gasteiger partial charge in [-0.1, -0.05) is 75.0 Å². The molecule has 0 spiro atoms. The van der Waals surface area contributed by atoms with Crippen molar-refractivity contribution in [3.63, 3.8) is 0 Å². The number of anilines is 1. The van der Waals surface area contributed by atoms with Gasteiger partial charge in [-0.25, -0.2) is 4.68 Å². The Kier molecular flexibility index (Phi) is 9.65. The molecule has 1 aliphatic rings. The van der Waals surface area contributed by atoms with Crippen molar-refractivity contribution in [2.75, 3.05) is 44.2 Å². The zero-order valence-corrected chi connectivity index (χ0v) is 23.5. The van der Waals surface area contributed by atoms with E-state index in [9.17, 15) is 4.79 Å². The zero-order chi connectivity index (χ0) is 25.5. The van der Waals surface area contributed by atoms with Gasteiger partial charge >= 0.3 is 0 Å². The van der Waals surface area contributed by atoms with Gasteiger partial charge < -0.3 is 10.2 Å². The predicted molar refractivity (Wildman–Crippen MR) is 149 cm³/mol. The van der Waals surface area contributed by atoms with Crippen LogP contribution in [0.3, 0.4) is 0 Å². The van der Waals surface area contributed by atoms with E-state index in [4.69, 9.17) is 23.2 Å². The minimum absolute atomic E-state index is 0.165. The lowest BCUT2D eigenvalue weighted by Gasteiger charge is -2.36. The zero-order valence-electron chi connectivity index (χ0n) is 20.4. The van der Waals surface area contributed by atoms with E-state index in [2.05, 4.69) is 41.4 Å². The first-order valence-corrected chi connectivity index (χ1v) is 13.8. The number of aromatic nitrogens is 3. The molecule has 1 fully saturated rings. The molecule has 0 aliphatic carbocycles. The summed E-state index contributed by atoms with van der Waals surface area (Å²) in [5.41, 5.74) is 3.26. The molecule has 192 valence electrons. The molecule has 7 nitrogen and oxygen atoms in total. The van der Waals surface area contributed by atoms with Gasteiger partial charge in [0.1, 0.15) is 0 Å². The van der Waals surface area contributed by atoms with Crippen LogP contribution < -0.4 is 10.2 Å². The SMILES string of the molecule is Cc1c(C(=O)NCCCCCN2CCN(c3cccc(Cl)c3Cl)CC2)nnn1Cc1ccccc1Br. The number of amides is 1. The van der Waals surface area contributed by atoms with Crippen LogP contribution in [0.1, 0.15) is 41.0 Å². The van der Waals surface area contributed by atoms with Crippen LogP contribution >= 0.6 is 39.1 Å². The smallest absolute Gasteiger partial charge is 0.273 e. The number of benzene rings is 2. The molecular weight excluding hydrogens is 563 g/mol. The Morgan fingerprint density at radius 2 is 1.81 bits per heavy atom. The average molecular weight is 594 g/mol. The van der Waals surface area contributed by atoms with Crippen LogP contribution in [0.2, 0.25) is 10.0 Å². The van der Waals surface area contributed by atoms with E-state index in [-0.39, 0.29) is 5.91 Å². The molecule has 2 heterocycles. The molecule has 1 N–H and O–H groups in total. The number of rotatable bonds is 10. The minimum atomic E-state index is -0.165. The Hall–Kier alpha value is -2.13. The molecule has 0 bridgehead atoms. The van der Waals surface area contributed by atoms with Gasteiger partial charge in [0.25, 0.3) is 5.91 Å². The highest BCUT2D eigenvalue weighted by molar-refractivity contribution is 9.10. The van der Waals surface area contributed by atoms with Crippen molar-refractivity contribution in [1.82, 2.24) is 25.2 Å². The summed E-state index contributed by atoms with van der Waals surface area (Å²) in [6.45, 7) is 8.04. The largest absolute Gasteiger partial charge is 0.368 e. The summed E-state index contributed by atoms with van der Waals surface area (Å²) in [7, 11) is 0. The third-order valence-corrected chi connectivity index (χ3v) is 8.14. The van der Waals surface area contributed by atoms with Crippen molar-refractivity contribution >= 4 is 50.7 Å². The topological polar surface area (TPSA) is 66.3 Å².